The zero-order valence-electron chi connectivity index (χ0n) is 61.4. The van der Waals surface area contributed by atoms with Crippen LogP contribution in [0.4, 0.5) is 0 Å². The second-order valence-electron chi connectivity index (χ2n) is 25.7. The fourth-order valence-corrected chi connectivity index (χ4v) is 6.35. The highest BCUT2D eigenvalue weighted by molar-refractivity contribution is 7.88. The number of rotatable bonds is 34. The fourth-order valence-electron chi connectivity index (χ4n) is 4.61. The molecule has 29 nitrogen and oxygen atoms in total. The number of sulfonamides is 1. The summed E-state index contributed by atoms with van der Waals surface area (Å²) in [5.74, 6) is 0.0542. The van der Waals surface area contributed by atoms with Gasteiger partial charge < -0.3 is 82.7 Å². The van der Waals surface area contributed by atoms with Crippen LogP contribution in [-0.2, 0) is 66.5 Å². The largest absolute Gasteiger partial charge is 0.469 e. The first-order valence-electron chi connectivity index (χ1n) is 31.8. The van der Waals surface area contributed by atoms with Crippen LogP contribution < -0.4 is 48.5 Å². The first-order valence-corrected chi connectivity index (χ1v) is 38.6. The molecule has 18 N–H and O–H groups in total. The summed E-state index contributed by atoms with van der Waals surface area (Å²) in [6.07, 6.45) is 8.19. The first kappa shape index (κ1) is 106. The summed E-state index contributed by atoms with van der Waals surface area (Å²) in [5.41, 5.74) is 12.7. The van der Waals surface area contributed by atoms with Crippen molar-refractivity contribution in [2.24, 2.45) is 49.7 Å². The van der Waals surface area contributed by atoms with Gasteiger partial charge in [0.05, 0.1) is 29.6 Å². The molecule has 0 aromatic heterocycles. The molecule has 0 aliphatic heterocycles. The van der Waals surface area contributed by atoms with Crippen LogP contribution in [0, 0.1) is 32.5 Å². The molecule has 0 aliphatic carbocycles. The van der Waals surface area contributed by atoms with Gasteiger partial charge in [-0.05, 0) is 78.6 Å². The van der Waals surface area contributed by atoms with Gasteiger partial charge in [0.2, 0.25) is 39.6 Å². The van der Waals surface area contributed by atoms with Crippen LogP contribution in [0.15, 0.2) is 0 Å². The number of nitrogens with two attached hydrogens (primary N) is 3. The van der Waals surface area contributed by atoms with Crippen LogP contribution >= 0.6 is 23.0 Å². The minimum absolute atomic E-state index is 0.0553. The summed E-state index contributed by atoms with van der Waals surface area (Å²) in [7, 11) is -15.1. The van der Waals surface area contributed by atoms with Gasteiger partial charge in [-0.15, -0.1) is 0 Å². The lowest BCUT2D eigenvalue weighted by Gasteiger charge is -2.21. The predicted octanol–water partition coefficient (Wildman–Crippen LogP) is 6.49. The van der Waals surface area contributed by atoms with Gasteiger partial charge in [-0.25, -0.2) is 17.7 Å². The standard InChI is InChI=1S/C11H21NO2.C9H20N2O3S.3C8H18N2O.C8H17O6P.2C4H11O3P/c1-5-11(3,4)10(14)12-8-6-7-9(2)13;1-5-9(2,3)8(12)10-6-7-11-15(4,13)14;3*1-4-8(2,3)7(11)10-6-5-9;1-4-8(2,3)7(9)13-5-6-14-15(10,11)12;2*1-3-4(2)8(5,6)7/h5-8H2,1-4H3,(H,12,14);11H,5-7H2,1-4H3,(H,10,12);3*4-6,9H2,1-3H3,(H,10,11);4-6H2,1-3H3,(H2,10,11,12);2*4H,3H2,1-2H3,(H2,5,6,7). The third-order valence-electron chi connectivity index (χ3n) is 14.9. The van der Waals surface area contributed by atoms with Gasteiger partial charge in [-0.3, -0.25) is 42.4 Å². The average molecular weight is 1430 g/mol. The number of phosphoric acid groups is 1. The van der Waals surface area contributed by atoms with Crippen LogP contribution in [0.3, 0.4) is 0 Å². The molecule has 560 valence electrons. The molecule has 0 rings (SSSR count). The van der Waals surface area contributed by atoms with Crippen molar-refractivity contribution < 1.29 is 94.3 Å². The molecule has 33 heteroatoms. The number of phosphoric ester groups is 1. The molecule has 0 aliphatic rings. The van der Waals surface area contributed by atoms with Crippen LogP contribution in [-0.4, -0.2) is 169 Å². The number of esters is 1. The Hall–Kier alpha value is -3.31. The SMILES string of the molecule is CCC(C)(C)C(=O)NCCCC(C)=O.CCC(C)(C)C(=O)NCCN.CCC(C)(C)C(=O)NCCN.CCC(C)(C)C(=O)NCCN.CCC(C)(C)C(=O)NCCNS(C)(=O)=O.CCC(C)(C)C(=O)OCCOP(=O)(O)O.CCC(C)P(=O)(O)O.CCC(C)P(=O)(O)O. The number of carbonyl (C=O) groups is 7. The third kappa shape index (κ3) is 64.5. The quantitative estimate of drug-likeness (QED) is 0.0186. The van der Waals surface area contributed by atoms with E-state index in [1.54, 1.807) is 48.5 Å². The Balaban J connectivity index is -0.000000149. The number of hydrogen-bond donors (Lipinski definition) is 15. The number of nitrogens with one attached hydrogen (secondary N) is 6. The van der Waals surface area contributed by atoms with E-state index in [0.29, 0.717) is 78.0 Å². The minimum atomic E-state index is -4.46. The van der Waals surface area contributed by atoms with Crippen LogP contribution in [0.1, 0.15) is 223 Å². The van der Waals surface area contributed by atoms with E-state index in [4.69, 9.17) is 51.3 Å². The summed E-state index contributed by atoms with van der Waals surface area (Å²) in [4.78, 5) is 129. The van der Waals surface area contributed by atoms with Gasteiger partial charge in [0.1, 0.15) is 12.4 Å². The molecule has 0 aromatic carbocycles. The van der Waals surface area contributed by atoms with Gasteiger partial charge in [0.25, 0.3) is 0 Å². The maximum atomic E-state index is 11.5. The van der Waals surface area contributed by atoms with Crippen molar-refractivity contribution in [1.29, 1.82) is 0 Å². The molecule has 0 saturated heterocycles. The Labute approximate surface area is 560 Å². The molecule has 0 saturated carbocycles. The van der Waals surface area contributed by atoms with Crippen molar-refractivity contribution in [3.05, 3.63) is 0 Å². The molecule has 0 aromatic rings. The minimum Gasteiger partial charge on any atom is -0.463 e. The smallest absolute Gasteiger partial charge is 0.463 e. The molecule has 0 radical (unpaired) electrons. The second-order valence-corrected chi connectivity index (χ2v) is 32.9. The Morgan fingerprint density at radius 2 is 0.699 bits per heavy atom. The lowest BCUT2D eigenvalue weighted by atomic mass is 9.89. The molecular weight excluding hydrogens is 1290 g/mol. The molecule has 0 bridgehead atoms. The highest BCUT2D eigenvalue weighted by atomic mass is 32.2. The molecule has 0 fully saturated rings. The monoisotopic (exact) mass is 1430 g/mol. The number of carbonyl (C=O) groups excluding carboxylic acids is 7. The van der Waals surface area contributed by atoms with Crippen molar-refractivity contribution in [3.63, 3.8) is 0 Å². The Morgan fingerprint density at radius 1 is 0.441 bits per heavy atom. The topological polar surface area (TPSA) is 495 Å². The van der Waals surface area contributed by atoms with E-state index in [1.807, 2.05) is 111 Å². The lowest BCUT2D eigenvalue weighted by molar-refractivity contribution is -0.155. The molecule has 93 heavy (non-hydrogen) atoms. The molecule has 0 heterocycles. The molecule has 0 spiro atoms. The maximum absolute atomic E-state index is 11.5. The van der Waals surface area contributed by atoms with Crippen molar-refractivity contribution in [2.75, 3.05) is 78.4 Å². The molecular formula is C60H134N9O20P3S. The number of ether oxygens (including phenoxy) is 1. The Morgan fingerprint density at radius 3 is 0.892 bits per heavy atom. The Kier molecular flexibility index (Phi) is 61.0. The van der Waals surface area contributed by atoms with Crippen LogP contribution in [0.5, 0.6) is 0 Å². The number of ketones is 1. The zero-order valence-corrected chi connectivity index (χ0v) is 64.9. The van der Waals surface area contributed by atoms with E-state index in [1.165, 1.54) is 0 Å². The summed E-state index contributed by atoms with van der Waals surface area (Å²) < 4.78 is 63.4. The van der Waals surface area contributed by atoms with E-state index < -0.39 is 61.2 Å². The molecule has 2 unspecified atom stereocenters. The predicted molar refractivity (Wildman–Crippen MR) is 372 cm³/mol. The van der Waals surface area contributed by atoms with Crippen molar-refractivity contribution >= 4 is 74.3 Å². The van der Waals surface area contributed by atoms with Crippen LogP contribution in [0.2, 0.25) is 0 Å². The summed E-state index contributed by atoms with van der Waals surface area (Å²) in [6, 6.07) is 0. The first-order chi connectivity index (χ1) is 41.9. The maximum Gasteiger partial charge on any atom is 0.469 e. The zero-order chi connectivity index (χ0) is 75.7. The molecule has 2 atom stereocenters. The summed E-state index contributed by atoms with van der Waals surface area (Å²) in [6.45, 7) is 46.5. The van der Waals surface area contributed by atoms with Gasteiger partial charge in [0, 0.05) is 92.4 Å². The highest BCUT2D eigenvalue weighted by Gasteiger charge is 2.30. The number of amides is 5. The third-order valence-corrected chi connectivity index (χ3v) is 19.2. The van der Waals surface area contributed by atoms with Gasteiger partial charge in [-0.2, -0.15) is 0 Å². The fraction of sp³-hybridized carbons (Fsp3) is 0.883. The van der Waals surface area contributed by atoms with Crippen LogP contribution in [0.25, 0.3) is 0 Å². The summed E-state index contributed by atoms with van der Waals surface area (Å²) in [5, 5.41) is 13.8. The second kappa shape index (κ2) is 53.7. The lowest BCUT2D eigenvalue weighted by Crippen LogP contribution is -2.40. The van der Waals surface area contributed by atoms with Gasteiger partial charge >= 0.3 is 29.0 Å². The van der Waals surface area contributed by atoms with Crippen molar-refractivity contribution in [1.82, 2.24) is 31.3 Å². The average Bonchev–Trinajstić information content (AvgIpc) is 3.33. The highest BCUT2D eigenvalue weighted by Crippen LogP contribution is 2.43. The van der Waals surface area contributed by atoms with Crippen molar-refractivity contribution in [3.8, 4) is 0 Å². The van der Waals surface area contributed by atoms with E-state index in [2.05, 4.69) is 35.8 Å². The Bertz CT molecular complexity index is 2220. The van der Waals surface area contributed by atoms with E-state index in [0.717, 1.165) is 44.8 Å². The van der Waals surface area contributed by atoms with Gasteiger partial charge in [-0.1, -0.05) is 138 Å². The number of hydrogen-bond acceptors (Lipinski definition) is 17. The van der Waals surface area contributed by atoms with E-state index in [9.17, 15) is 55.7 Å². The normalized spacial score (nSPS) is 12.5. The van der Waals surface area contributed by atoms with E-state index in [-0.39, 0.29) is 76.7 Å². The van der Waals surface area contributed by atoms with E-state index >= 15 is 0 Å². The number of Topliss-reactive ketones (excluding diaryl/α,β-unsaturated/α-hetero) is 1. The van der Waals surface area contributed by atoms with Crippen molar-refractivity contribution in [2.45, 2.75) is 235 Å². The van der Waals surface area contributed by atoms with Gasteiger partial charge in [0.15, 0.2) is 0 Å². The summed E-state index contributed by atoms with van der Waals surface area (Å²) >= 11 is 0. The molecule has 5 amide bonds.